The first-order valence-electron chi connectivity index (χ1n) is 11.1. The molecule has 0 heterocycles. The first kappa shape index (κ1) is 24.2. The number of rotatable bonds is 18. The molecule has 0 rings (SSSR count). The van der Waals surface area contributed by atoms with Crippen LogP contribution in [0.1, 0.15) is 124 Å². The molecule has 0 unspecified atom stereocenters. The molecule has 0 aliphatic heterocycles. The Morgan fingerprint density at radius 3 is 1.44 bits per heavy atom. The smallest absolute Gasteiger partial charge is 0.330 e. The van der Waals surface area contributed by atoms with Gasteiger partial charge in [0.1, 0.15) is 0 Å². The van der Waals surface area contributed by atoms with Crippen LogP contribution >= 0.6 is 0 Å². The molecule has 0 aromatic rings. The van der Waals surface area contributed by atoms with Crippen LogP contribution < -0.4 is 0 Å². The van der Waals surface area contributed by atoms with Gasteiger partial charge in [-0.15, -0.1) is 0 Å². The van der Waals surface area contributed by atoms with Gasteiger partial charge in [-0.25, -0.2) is 4.79 Å². The van der Waals surface area contributed by atoms with Gasteiger partial charge >= 0.3 is 5.97 Å². The fraction of sp³-hybridized carbons (Fsp3) is 0.870. The highest BCUT2D eigenvalue weighted by atomic mass is 16.5. The molecule has 0 aliphatic carbocycles. The van der Waals surface area contributed by atoms with Gasteiger partial charge < -0.3 is 4.74 Å². The number of ether oxygens (including phenoxy) is 1. The Labute approximate surface area is 157 Å². The van der Waals surface area contributed by atoms with E-state index in [1.807, 2.05) is 6.92 Å². The third kappa shape index (κ3) is 17.8. The van der Waals surface area contributed by atoms with E-state index in [0.717, 1.165) is 12.8 Å². The minimum Gasteiger partial charge on any atom is -0.463 e. The molecule has 0 saturated carbocycles. The zero-order chi connectivity index (χ0) is 18.6. The summed E-state index contributed by atoms with van der Waals surface area (Å²) in [6.07, 6.45) is 22.5. The second kappa shape index (κ2) is 19.5. The SMILES string of the molecule is CCCCCCCCCC/C(=C\C(=O)OCC)CCCCCCCC. The summed E-state index contributed by atoms with van der Waals surface area (Å²) >= 11 is 0. The molecule has 0 spiro atoms. The number of esters is 1. The van der Waals surface area contributed by atoms with Crippen molar-refractivity contribution in [2.75, 3.05) is 6.61 Å². The normalized spacial score (nSPS) is 11.7. The van der Waals surface area contributed by atoms with Crippen LogP contribution in [-0.4, -0.2) is 12.6 Å². The Balaban J connectivity index is 3.95. The summed E-state index contributed by atoms with van der Waals surface area (Å²) in [5.74, 6) is -0.150. The summed E-state index contributed by atoms with van der Waals surface area (Å²) in [7, 11) is 0. The summed E-state index contributed by atoms with van der Waals surface area (Å²) < 4.78 is 5.10. The van der Waals surface area contributed by atoms with Gasteiger partial charge in [0.25, 0.3) is 0 Å². The third-order valence-electron chi connectivity index (χ3n) is 4.81. The zero-order valence-corrected chi connectivity index (χ0v) is 17.4. The van der Waals surface area contributed by atoms with E-state index in [1.165, 1.54) is 95.5 Å². The lowest BCUT2D eigenvalue weighted by atomic mass is 9.99. The van der Waals surface area contributed by atoms with Crippen molar-refractivity contribution in [2.24, 2.45) is 0 Å². The van der Waals surface area contributed by atoms with Gasteiger partial charge in [-0.1, -0.05) is 96.5 Å². The topological polar surface area (TPSA) is 26.3 Å². The number of unbranched alkanes of at least 4 members (excludes halogenated alkanes) is 12. The molecule has 2 nitrogen and oxygen atoms in total. The molecule has 0 atom stereocenters. The van der Waals surface area contributed by atoms with Gasteiger partial charge in [-0.3, -0.25) is 0 Å². The summed E-state index contributed by atoms with van der Waals surface area (Å²) in [5, 5.41) is 0. The van der Waals surface area contributed by atoms with Crippen LogP contribution in [0.3, 0.4) is 0 Å². The summed E-state index contributed by atoms with van der Waals surface area (Å²) in [6, 6.07) is 0. The summed E-state index contributed by atoms with van der Waals surface area (Å²) in [6.45, 7) is 6.86. The molecule has 148 valence electrons. The van der Waals surface area contributed by atoms with Crippen molar-refractivity contribution in [1.82, 2.24) is 0 Å². The third-order valence-corrected chi connectivity index (χ3v) is 4.81. The Morgan fingerprint density at radius 1 is 0.640 bits per heavy atom. The first-order valence-corrected chi connectivity index (χ1v) is 11.1. The molecule has 0 aromatic heterocycles. The van der Waals surface area contributed by atoms with Crippen molar-refractivity contribution in [3.63, 3.8) is 0 Å². The fourth-order valence-corrected chi connectivity index (χ4v) is 3.24. The van der Waals surface area contributed by atoms with E-state index in [1.54, 1.807) is 6.08 Å². The van der Waals surface area contributed by atoms with Crippen LogP contribution in [0.4, 0.5) is 0 Å². The van der Waals surface area contributed by atoms with Crippen molar-refractivity contribution < 1.29 is 9.53 Å². The van der Waals surface area contributed by atoms with E-state index in [4.69, 9.17) is 4.74 Å². The maximum atomic E-state index is 11.8. The Kier molecular flexibility index (Phi) is 18.9. The predicted octanol–water partition coefficient (Wildman–Crippen LogP) is 7.76. The van der Waals surface area contributed by atoms with E-state index in [2.05, 4.69) is 13.8 Å². The maximum absolute atomic E-state index is 11.8. The Hall–Kier alpha value is -0.790. The minimum atomic E-state index is -0.150. The van der Waals surface area contributed by atoms with Crippen molar-refractivity contribution in [1.29, 1.82) is 0 Å². The van der Waals surface area contributed by atoms with E-state index in [-0.39, 0.29) is 5.97 Å². The highest BCUT2D eigenvalue weighted by Crippen LogP contribution is 2.19. The quantitative estimate of drug-likeness (QED) is 0.143. The molecular weight excluding hydrogens is 308 g/mol. The fourth-order valence-electron chi connectivity index (χ4n) is 3.24. The average Bonchev–Trinajstić information content (AvgIpc) is 2.60. The molecule has 0 N–H and O–H groups in total. The number of allylic oxidation sites excluding steroid dienone is 1. The molecule has 0 fully saturated rings. The average molecular weight is 353 g/mol. The van der Waals surface area contributed by atoms with Crippen molar-refractivity contribution in [3.05, 3.63) is 11.6 Å². The maximum Gasteiger partial charge on any atom is 0.330 e. The van der Waals surface area contributed by atoms with Crippen LogP contribution in [0.15, 0.2) is 11.6 Å². The molecule has 0 saturated heterocycles. The standard InChI is InChI=1S/C23H44O2/c1-4-7-9-11-13-14-16-18-20-22(21-23(24)25-6-3)19-17-15-12-10-8-5-2/h21H,4-20H2,1-3H3/b22-21-. The van der Waals surface area contributed by atoms with Gasteiger partial charge in [0.15, 0.2) is 0 Å². The van der Waals surface area contributed by atoms with Crippen LogP contribution in [0, 0.1) is 0 Å². The largest absolute Gasteiger partial charge is 0.463 e. The molecule has 2 heteroatoms. The number of carbonyl (C=O) groups excluding carboxylic acids is 1. The number of hydrogen-bond donors (Lipinski definition) is 0. The Morgan fingerprint density at radius 2 is 1.04 bits per heavy atom. The lowest BCUT2D eigenvalue weighted by Gasteiger charge is -2.08. The lowest BCUT2D eigenvalue weighted by Crippen LogP contribution is -2.01. The monoisotopic (exact) mass is 352 g/mol. The molecule has 0 aliphatic rings. The minimum absolute atomic E-state index is 0.150. The number of hydrogen-bond acceptors (Lipinski definition) is 2. The summed E-state index contributed by atoms with van der Waals surface area (Å²) in [5.41, 5.74) is 1.31. The Bertz CT molecular complexity index is 320. The predicted molar refractivity (Wildman–Crippen MR) is 110 cm³/mol. The van der Waals surface area contributed by atoms with Crippen LogP contribution in [0.2, 0.25) is 0 Å². The lowest BCUT2D eigenvalue weighted by molar-refractivity contribution is -0.137. The van der Waals surface area contributed by atoms with Crippen LogP contribution in [0.25, 0.3) is 0 Å². The van der Waals surface area contributed by atoms with Crippen molar-refractivity contribution in [3.8, 4) is 0 Å². The second-order valence-corrected chi connectivity index (χ2v) is 7.30. The van der Waals surface area contributed by atoms with E-state index >= 15 is 0 Å². The van der Waals surface area contributed by atoms with Crippen LogP contribution in [0.5, 0.6) is 0 Å². The van der Waals surface area contributed by atoms with Crippen molar-refractivity contribution in [2.45, 2.75) is 124 Å². The second-order valence-electron chi connectivity index (χ2n) is 7.30. The zero-order valence-electron chi connectivity index (χ0n) is 17.4. The molecule has 0 amide bonds. The van der Waals surface area contributed by atoms with Crippen LogP contribution in [-0.2, 0) is 9.53 Å². The molecule has 0 aromatic carbocycles. The molecule has 25 heavy (non-hydrogen) atoms. The highest BCUT2D eigenvalue weighted by molar-refractivity contribution is 5.82. The number of carbonyl (C=O) groups is 1. The van der Waals surface area contributed by atoms with E-state index < -0.39 is 0 Å². The van der Waals surface area contributed by atoms with Gasteiger partial charge in [-0.2, -0.15) is 0 Å². The highest BCUT2D eigenvalue weighted by Gasteiger charge is 2.04. The van der Waals surface area contributed by atoms with Crippen molar-refractivity contribution >= 4 is 5.97 Å². The van der Waals surface area contributed by atoms with Gasteiger partial charge in [0, 0.05) is 6.08 Å². The van der Waals surface area contributed by atoms with Gasteiger partial charge in [0.05, 0.1) is 6.61 Å². The summed E-state index contributed by atoms with van der Waals surface area (Å²) in [4.78, 5) is 11.8. The van der Waals surface area contributed by atoms with Gasteiger partial charge in [-0.05, 0) is 32.6 Å². The van der Waals surface area contributed by atoms with E-state index in [0.29, 0.717) is 6.61 Å². The molecular formula is C23H44O2. The molecule has 0 radical (unpaired) electrons. The molecule has 0 bridgehead atoms. The first-order chi connectivity index (χ1) is 12.2. The van der Waals surface area contributed by atoms with E-state index in [9.17, 15) is 4.79 Å². The van der Waals surface area contributed by atoms with Gasteiger partial charge in [0.2, 0.25) is 0 Å².